The second-order valence-corrected chi connectivity index (χ2v) is 8.52. The Morgan fingerprint density at radius 2 is 1.81 bits per heavy atom. The van der Waals surface area contributed by atoms with Crippen LogP contribution in [0.4, 0.5) is 13.2 Å². The number of piperidine rings is 1. The fourth-order valence-corrected chi connectivity index (χ4v) is 3.90. The van der Waals surface area contributed by atoms with E-state index in [9.17, 15) is 27.6 Å². The number of carbonyl (C=O) groups is 4. The van der Waals surface area contributed by atoms with Crippen LogP contribution in [0, 0.1) is 24.2 Å². The molecule has 1 unspecified atom stereocenters. The van der Waals surface area contributed by atoms with Crippen LogP contribution in [0.2, 0.25) is 0 Å². The molecule has 12 heteroatoms. The molecule has 2 amide bonds. The van der Waals surface area contributed by atoms with E-state index in [2.05, 4.69) is 16.6 Å². The van der Waals surface area contributed by atoms with Crippen LogP contribution in [-0.2, 0) is 25.7 Å². The highest BCUT2D eigenvalue weighted by molar-refractivity contribution is 5.90. The minimum atomic E-state index is -5.08. The monoisotopic (exact) mass is 523 g/mol. The molecule has 200 valence electrons. The van der Waals surface area contributed by atoms with Gasteiger partial charge in [-0.3, -0.25) is 14.4 Å². The van der Waals surface area contributed by atoms with Crippen LogP contribution < -0.4 is 10.6 Å². The number of rotatable bonds is 6. The number of benzene rings is 1. The average Bonchev–Trinajstić information content (AvgIpc) is 2.87. The topological polar surface area (TPSA) is 136 Å². The number of halogens is 3. The third kappa shape index (κ3) is 8.95. The van der Waals surface area contributed by atoms with Crippen molar-refractivity contribution in [1.29, 1.82) is 0 Å². The zero-order chi connectivity index (χ0) is 27.6. The third-order valence-corrected chi connectivity index (χ3v) is 5.94. The van der Waals surface area contributed by atoms with E-state index in [-0.39, 0.29) is 24.9 Å². The molecule has 3 rings (SSSR count). The van der Waals surface area contributed by atoms with Gasteiger partial charge in [-0.25, -0.2) is 4.79 Å². The van der Waals surface area contributed by atoms with Crippen LogP contribution in [0.5, 0.6) is 0 Å². The van der Waals surface area contributed by atoms with Crippen molar-refractivity contribution in [3.8, 4) is 12.3 Å². The number of nitrogens with one attached hydrogen (secondary N) is 2. The van der Waals surface area contributed by atoms with Crippen molar-refractivity contribution in [3.63, 3.8) is 0 Å². The quantitative estimate of drug-likeness (QED) is 0.330. The molecule has 1 aromatic carbocycles. The number of carbonyl (C=O) groups excluding carboxylic acids is 2. The molecular formula is C25H28F3N3O6. The number of alkyl halides is 3. The highest BCUT2D eigenvalue weighted by Crippen LogP contribution is 2.29. The summed E-state index contributed by atoms with van der Waals surface area (Å²) in [5.41, 5.74) is 1.77. The predicted molar refractivity (Wildman–Crippen MR) is 126 cm³/mol. The number of fused-ring (bicyclic) bond motifs is 1. The number of allylic oxidation sites excluding steroid dienone is 1. The average molecular weight is 524 g/mol. The highest BCUT2D eigenvalue weighted by Gasteiger charge is 2.38. The minimum absolute atomic E-state index is 0.118. The Bertz CT molecular complexity index is 1060. The summed E-state index contributed by atoms with van der Waals surface area (Å²) >= 11 is 0. The summed E-state index contributed by atoms with van der Waals surface area (Å²) in [7, 11) is 0. The Morgan fingerprint density at radius 3 is 2.38 bits per heavy atom. The van der Waals surface area contributed by atoms with Gasteiger partial charge in [0.25, 0.3) is 0 Å². The summed E-state index contributed by atoms with van der Waals surface area (Å²) in [5.74, 6) is -3.46. The van der Waals surface area contributed by atoms with E-state index < -0.39 is 30.0 Å². The van der Waals surface area contributed by atoms with Gasteiger partial charge in [-0.2, -0.15) is 13.2 Å². The van der Waals surface area contributed by atoms with Crippen molar-refractivity contribution in [2.75, 3.05) is 26.2 Å². The zero-order valence-corrected chi connectivity index (χ0v) is 19.8. The molecule has 1 fully saturated rings. The van der Waals surface area contributed by atoms with Crippen molar-refractivity contribution in [1.82, 2.24) is 15.5 Å². The first-order valence-electron chi connectivity index (χ1n) is 11.5. The molecule has 2 aliphatic heterocycles. The summed E-state index contributed by atoms with van der Waals surface area (Å²) in [6.07, 6.45) is 5.76. The number of hydrogen-bond donors (Lipinski definition) is 4. The molecule has 37 heavy (non-hydrogen) atoms. The standard InChI is InChI=1S/C23H27N3O4.C2HF3O2/c1-2-17(23(29)30)13-25-22(28)20-15-26(14-18-5-3-4-6-19(18)20)21(27)8-7-16-9-11-24-12-10-16;3-2(4,5)1(6)7/h1,3-8,16-17,20,24H,9-15H2,(H,25,28)(H,29,30);(H,6,7)/b8-7+;/t17-,20?;/m0./s1. The van der Waals surface area contributed by atoms with Gasteiger partial charge in [-0.05, 0) is 49.1 Å². The van der Waals surface area contributed by atoms with Gasteiger partial charge in [0.2, 0.25) is 11.8 Å². The summed E-state index contributed by atoms with van der Waals surface area (Å²) in [6.45, 7) is 2.45. The van der Waals surface area contributed by atoms with E-state index in [4.69, 9.17) is 21.4 Å². The van der Waals surface area contributed by atoms with Crippen molar-refractivity contribution in [2.45, 2.75) is 31.5 Å². The Morgan fingerprint density at radius 1 is 1.19 bits per heavy atom. The number of hydrogen-bond acceptors (Lipinski definition) is 5. The van der Waals surface area contributed by atoms with Crippen LogP contribution in [-0.4, -0.2) is 71.2 Å². The first-order valence-corrected chi connectivity index (χ1v) is 11.5. The van der Waals surface area contributed by atoms with E-state index in [0.717, 1.165) is 37.1 Å². The van der Waals surface area contributed by atoms with Gasteiger partial charge in [0, 0.05) is 19.6 Å². The van der Waals surface area contributed by atoms with Gasteiger partial charge in [-0.15, -0.1) is 6.42 Å². The number of carboxylic acids is 2. The lowest BCUT2D eigenvalue weighted by Gasteiger charge is -2.33. The van der Waals surface area contributed by atoms with Gasteiger partial charge in [0.15, 0.2) is 0 Å². The minimum Gasteiger partial charge on any atom is -0.480 e. The number of terminal acetylenes is 1. The Kier molecular flexibility index (Phi) is 10.7. The Balaban J connectivity index is 0.000000604. The van der Waals surface area contributed by atoms with Crippen LogP contribution in [0.15, 0.2) is 36.4 Å². The lowest BCUT2D eigenvalue weighted by molar-refractivity contribution is -0.192. The van der Waals surface area contributed by atoms with Crippen molar-refractivity contribution >= 4 is 23.8 Å². The van der Waals surface area contributed by atoms with Gasteiger partial charge in [-0.1, -0.05) is 36.3 Å². The SMILES string of the molecule is C#C[C@@H](CNC(=O)C1CN(C(=O)/C=C/C2CCNCC2)Cc2ccccc21)C(=O)O.O=C(O)C(F)(F)F. The first kappa shape index (κ1) is 29.4. The molecule has 0 aliphatic carbocycles. The van der Waals surface area contributed by atoms with Gasteiger partial charge >= 0.3 is 18.1 Å². The molecule has 9 nitrogen and oxygen atoms in total. The predicted octanol–water partition coefficient (Wildman–Crippen LogP) is 1.75. The molecule has 0 aromatic heterocycles. The van der Waals surface area contributed by atoms with Gasteiger partial charge in [0.1, 0.15) is 5.92 Å². The van der Waals surface area contributed by atoms with E-state index in [1.807, 2.05) is 30.3 Å². The van der Waals surface area contributed by atoms with E-state index >= 15 is 0 Å². The molecule has 0 radical (unpaired) electrons. The summed E-state index contributed by atoms with van der Waals surface area (Å²) in [5, 5.41) is 22.1. The molecule has 0 spiro atoms. The zero-order valence-electron chi connectivity index (χ0n) is 19.8. The van der Waals surface area contributed by atoms with Crippen LogP contribution >= 0.6 is 0 Å². The number of aliphatic carboxylic acids is 2. The molecule has 4 N–H and O–H groups in total. The van der Waals surface area contributed by atoms with Gasteiger partial charge in [0.05, 0.1) is 5.92 Å². The lowest BCUT2D eigenvalue weighted by Crippen LogP contribution is -2.44. The lowest BCUT2D eigenvalue weighted by atomic mass is 9.88. The number of nitrogens with zero attached hydrogens (tertiary/aromatic N) is 1. The number of amides is 2. The van der Waals surface area contributed by atoms with Crippen LogP contribution in [0.3, 0.4) is 0 Å². The third-order valence-electron chi connectivity index (χ3n) is 5.94. The van der Waals surface area contributed by atoms with E-state index in [1.54, 1.807) is 11.0 Å². The van der Waals surface area contributed by atoms with Crippen molar-refractivity contribution in [2.24, 2.45) is 11.8 Å². The second-order valence-electron chi connectivity index (χ2n) is 8.52. The first-order chi connectivity index (χ1) is 17.4. The Hall–Kier alpha value is -3.85. The molecule has 0 saturated carbocycles. The smallest absolute Gasteiger partial charge is 0.480 e. The molecule has 0 bridgehead atoms. The molecule has 2 heterocycles. The normalized spacial score (nSPS) is 18.5. The fourth-order valence-electron chi connectivity index (χ4n) is 3.90. The van der Waals surface area contributed by atoms with E-state index in [1.165, 1.54) is 0 Å². The Labute approximate surface area is 211 Å². The summed E-state index contributed by atoms with van der Waals surface area (Å²) in [4.78, 5) is 47.3. The van der Waals surface area contributed by atoms with Crippen LogP contribution in [0.1, 0.15) is 29.9 Å². The molecule has 1 saturated heterocycles. The second kappa shape index (κ2) is 13.5. The summed E-state index contributed by atoms with van der Waals surface area (Å²) < 4.78 is 31.7. The van der Waals surface area contributed by atoms with E-state index in [0.29, 0.717) is 12.5 Å². The molecule has 2 atom stereocenters. The molecular weight excluding hydrogens is 495 g/mol. The van der Waals surface area contributed by atoms with Crippen molar-refractivity contribution in [3.05, 3.63) is 47.5 Å². The maximum atomic E-state index is 12.8. The molecule has 2 aliphatic rings. The fraction of sp³-hybridized carbons (Fsp3) is 0.440. The maximum Gasteiger partial charge on any atom is 0.490 e. The van der Waals surface area contributed by atoms with Crippen molar-refractivity contribution < 1.29 is 42.6 Å². The highest BCUT2D eigenvalue weighted by atomic mass is 19.4. The van der Waals surface area contributed by atoms with Crippen LogP contribution in [0.25, 0.3) is 0 Å². The van der Waals surface area contributed by atoms with Gasteiger partial charge < -0.3 is 25.7 Å². The molecule has 1 aromatic rings. The largest absolute Gasteiger partial charge is 0.490 e. The summed E-state index contributed by atoms with van der Waals surface area (Å²) in [6, 6.07) is 7.52. The maximum absolute atomic E-state index is 12.8. The number of carboxylic acid groups (broad SMARTS) is 2.